The molecule has 6 heteroatoms. The zero-order valence-electron chi connectivity index (χ0n) is 19.9. The number of benzene rings is 1. The minimum Gasteiger partial charge on any atom is -0.461 e. The zero-order valence-corrected chi connectivity index (χ0v) is 32.4. The Morgan fingerprint density at radius 3 is 2.33 bits per heavy atom. The zero-order chi connectivity index (χ0) is 18.1. The Labute approximate surface area is 300 Å². The van der Waals surface area contributed by atoms with Crippen molar-refractivity contribution < 1.29 is 152 Å². The Bertz CT molecular complexity index is 793. The molecule has 2 aromatic rings. The fourth-order valence-electron chi connectivity index (χ4n) is 4.00. The fourth-order valence-corrected chi connectivity index (χ4v) is 4.00. The summed E-state index contributed by atoms with van der Waals surface area (Å²) in [5.41, 5.74) is 2.25. The van der Waals surface area contributed by atoms with E-state index >= 15 is 0 Å². The van der Waals surface area contributed by atoms with E-state index in [1.807, 2.05) is 31.2 Å². The van der Waals surface area contributed by atoms with Crippen LogP contribution >= 0.6 is 0 Å². The predicted molar refractivity (Wildman–Crippen MR) is 115 cm³/mol. The van der Waals surface area contributed by atoms with E-state index in [0.29, 0.717) is 29.9 Å². The van der Waals surface area contributed by atoms with Gasteiger partial charge < -0.3 is 28.9 Å². The molecule has 3 fully saturated rings. The molecule has 2 atom stereocenters. The molecule has 0 bridgehead atoms. The van der Waals surface area contributed by atoms with Crippen LogP contribution in [0.5, 0.6) is 0 Å². The Balaban J connectivity index is 0.000000602. The number of esters is 1. The van der Waals surface area contributed by atoms with Crippen LogP contribution in [-0.2, 0) is 9.47 Å². The van der Waals surface area contributed by atoms with E-state index in [2.05, 4.69) is 17.6 Å². The first-order valence-corrected chi connectivity index (χ1v) is 10.0. The third kappa shape index (κ3) is 7.92. The van der Waals surface area contributed by atoms with Crippen LogP contribution < -0.4 is 138 Å². The Morgan fingerprint density at radius 1 is 1.17 bits per heavy atom. The smallest absolute Gasteiger partial charge is 0.461 e. The predicted octanol–water partition coefficient (Wildman–Crippen LogP) is 0.0270. The van der Waals surface area contributed by atoms with E-state index in [1.165, 1.54) is 32.1 Å². The third-order valence-electron chi connectivity index (χ3n) is 5.87. The summed E-state index contributed by atoms with van der Waals surface area (Å²) in [5, 5.41) is 1.11. The number of para-hydroxylation sites is 1. The molecule has 1 aromatic heterocycles. The summed E-state index contributed by atoms with van der Waals surface area (Å²) in [6.07, 6.45) is 7.86. The second-order valence-corrected chi connectivity index (χ2v) is 7.95. The first kappa shape index (κ1) is 32.3. The van der Waals surface area contributed by atoms with Gasteiger partial charge in [-0.25, -0.2) is 4.79 Å². The molecule has 30 heavy (non-hydrogen) atoms. The van der Waals surface area contributed by atoms with Gasteiger partial charge >= 0.3 is 144 Å². The molecule has 2 unspecified atom stereocenters. The van der Waals surface area contributed by atoms with E-state index in [1.54, 1.807) is 0 Å². The second kappa shape index (κ2) is 14.6. The number of carbonyl (C=O) groups excluding carboxylic acids is 1. The maximum Gasteiger partial charge on any atom is 1.00 e. The van der Waals surface area contributed by atoms with Crippen molar-refractivity contribution >= 4 is 16.9 Å². The molecule has 5 rings (SSSR count). The molecule has 0 amide bonds. The van der Waals surface area contributed by atoms with Gasteiger partial charge in [0.1, 0.15) is 5.69 Å². The molecular weight excluding hydrogens is 616 g/mol. The minimum absolute atomic E-state index is 0. The molecular formula is C24H35Cs2NO3. The summed E-state index contributed by atoms with van der Waals surface area (Å²) < 4.78 is 12.9. The molecule has 3 aliphatic rings. The van der Waals surface area contributed by atoms with Crippen molar-refractivity contribution in [1.29, 1.82) is 0 Å². The molecule has 4 nitrogen and oxygen atoms in total. The average molecular weight is 651 g/mol. The Morgan fingerprint density at radius 2 is 1.83 bits per heavy atom. The van der Waals surface area contributed by atoms with Crippen molar-refractivity contribution in [2.24, 2.45) is 5.92 Å². The van der Waals surface area contributed by atoms with Gasteiger partial charge in [-0.15, -0.1) is 0 Å². The molecule has 0 radical (unpaired) electrons. The van der Waals surface area contributed by atoms with Gasteiger partial charge in [-0.3, -0.25) is 0 Å². The maximum absolute atomic E-state index is 12.0. The summed E-state index contributed by atoms with van der Waals surface area (Å²) in [7, 11) is 0. The van der Waals surface area contributed by atoms with E-state index in [9.17, 15) is 4.79 Å². The van der Waals surface area contributed by atoms with Crippen molar-refractivity contribution in [1.82, 2.24) is 4.57 Å². The van der Waals surface area contributed by atoms with Gasteiger partial charge in [0.15, 0.2) is 0 Å². The summed E-state index contributed by atoms with van der Waals surface area (Å²) >= 11 is 0. The van der Waals surface area contributed by atoms with Gasteiger partial charge in [-0.2, -0.15) is 0 Å². The molecule has 2 heterocycles. The summed E-state index contributed by atoms with van der Waals surface area (Å²) in [6.45, 7) is 5.50. The summed E-state index contributed by atoms with van der Waals surface area (Å²) in [6, 6.07) is 10.5. The van der Waals surface area contributed by atoms with Crippen molar-refractivity contribution in [3.63, 3.8) is 0 Å². The van der Waals surface area contributed by atoms with Crippen LogP contribution in [0.25, 0.3) is 10.9 Å². The molecule has 1 spiro atoms. The molecule has 1 aliphatic heterocycles. The summed E-state index contributed by atoms with van der Waals surface area (Å²) in [4.78, 5) is 12.0. The number of nitrogens with zero attached hydrogens (tertiary/aromatic N) is 1. The fraction of sp³-hybridized carbons (Fsp3) is 0.542. The number of aromatic nitrogens is 1. The maximum atomic E-state index is 12.0. The number of fused-ring (bicyclic) bond motifs is 1. The average Bonchev–Trinajstić information content (AvgIpc) is 3.54. The number of hydrogen-bond donors (Lipinski definition) is 0. The van der Waals surface area contributed by atoms with Gasteiger partial charge in [-0.1, -0.05) is 25.1 Å². The molecule has 1 saturated heterocycles. The van der Waals surface area contributed by atoms with Crippen LogP contribution in [-0.4, -0.2) is 29.4 Å². The van der Waals surface area contributed by atoms with E-state index < -0.39 is 0 Å². The normalized spacial score (nSPS) is 22.1. The van der Waals surface area contributed by atoms with Crippen molar-refractivity contribution in [2.75, 3.05) is 13.2 Å². The largest absolute Gasteiger partial charge is 1.00 e. The monoisotopic (exact) mass is 651 g/mol. The number of ether oxygens (including phenoxy) is 2. The van der Waals surface area contributed by atoms with Crippen LogP contribution in [0, 0.1) is 20.8 Å². The van der Waals surface area contributed by atoms with Gasteiger partial charge in [-0.05, 0) is 63.5 Å². The van der Waals surface area contributed by atoms with Gasteiger partial charge in [0.05, 0.1) is 12.2 Å². The van der Waals surface area contributed by atoms with Crippen molar-refractivity contribution in [3.05, 3.63) is 50.9 Å². The molecule has 2 aliphatic carbocycles. The van der Waals surface area contributed by atoms with E-state index in [4.69, 9.17) is 9.47 Å². The molecule has 1 aromatic carbocycles. The number of carbonyl (C=O) groups is 1. The van der Waals surface area contributed by atoms with Crippen LogP contribution in [0.1, 0.15) is 68.9 Å². The van der Waals surface area contributed by atoms with Crippen LogP contribution in [0.2, 0.25) is 0 Å². The molecule has 0 N–H and O–H groups in total. The third-order valence-corrected chi connectivity index (χ3v) is 5.87. The Hall–Kier alpha value is 2.29. The minimum atomic E-state index is -0.215. The topological polar surface area (TPSA) is 40.5 Å². The van der Waals surface area contributed by atoms with Crippen LogP contribution in [0.4, 0.5) is 0 Å². The number of hydrogen-bond acceptors (Lipinski definition) is 3. The van der Waals surface area contributed by atoms with Gasteiger partial charge in [0.2, 0.25) is 0 Å². The Kier molecular flexibility index (Phi) is 15.8. The first-order valence-electron chi connectivity index (χ1n) is 10.0. The van der Waals surface area contributed by atoms with E-state index in [-0.39, 0.29) is 159 Å². The summed E-state index contributed by atoms with van der Waals surface area (Å²) in [5.74, 6) is 0.432. The van der Waals surface area contributed by atoms with Crippen LogP contribution in [0.15, 0.2) is 30.3 Å². The number of rotatable bonds is 3. The first-order chi connectivity index (χ1) is 12.6. The van der Waals surface area contributed by atoms with E-state index in [0.717, 1.165) is 23.9 Å². The quantitative estimate of drug-likeness (QED) is 0.348. The second-order valence-electron chi connectivity index (χ2n) is 7.95. The van der Waals surface area contributed by atoms with Gasteiger partial charge in [0.25, 0.3) is 0 Å². The molecule has 156 valence electrons. The van der Waals surface area contributed by atoms with Gasteiger partial charge in [0, 0.05) is 23.6 Å². The van der Waals surface area contributed by atoms with Crippen molar-refractivity contribution in [3.8, 4) is 0 Å². The van der Waals surface area contributed by atoms with Crippen molar-refractivity contribution in [2.45, 2.75) is 64.0 Å². The SMILES string of the molecule is C1CCC2(CC2)OC1.CCOC(=O)c1cc2ccccc2n1C1CC1C.[CH3-].[CH3-].[Cs+].[Cs+]. The van der Waals surface area contributed by atoms with Crippen LogP contribution in [0.3, 0.4) is 0 Å². The molecule has 2 saturated carbocycles. The standard InChI is InChI=1S/C15H17NO2.C7H12O.2CH3.2Cs/c1-3-18-15(17)14-9-11-6-4-5-7-12(11)16(14)13-8-10(13)2;1-2-6-8-7(3-1)4-5-7;;;;/h4-7,9-10,13H,3,8H2,1-2H3;1-6H2;2*1H3;;/q;;2*-1;2*+1.